The fraction of sp³-hybridized carbons (Fsp3) is 0.280. The smallest absolute Gasteiger partial charge is 0.0741 e. The minimum absolute atomic E-state index is 0. The molecular formula is C25H31OZr-. The Morgan fingerprint density at radius 2 is 1.11 bits per heavy atom. The maximum Gasteiger partial charge on any atom is 0.0741 e. The van der Waals surface area contributed by atoms with Gasteiger partial charge >= 0.3 is 0 Å². The molecule has 0 aromatic heterocycles. The van der Waals surface area contributed by atoms with Gasteiger partial charge < -0.3 is 5.11 Å². The fourth-order valence-electron chi connectivity index (χ4n) is 2.55. The Hall–Kier alpha value is -0.197. The maximum absolute atomic E-state index is 10.5. The van der Waals surface area contributed by atoms with Gasteiger partial charge in [-0.15, -0.1) is 12.1 Å². The monoisotopic (exact) mass is 437 g/mol. The van der Waals surface area contributed by atoms with Crippen LogP contribution in [0.5, 0.6) is 0 Å². The second kappa shape index (κ2) is 16.7. The van der Waals surface area contributed by atoms with E-state index in [9.17, 15) is 5.11 Å². The normalized spacial score (nSPS) is 16.5. The summed E-state index contributed by atoms with van der Waals surface area (Å²) in [6.45, 7) is 6.11. The average molecular weight is 439 g/mol. The zero-order chi connectivity index (χ0) is 19.1. The molecule has 3 rings (SSSR count). The van der Waals surface area contributed by atoms with Gasteiger partial charge in [-0.3, -0.25) is 0 Å². The van der Waals surface area contributed by atoms with Crippen LogP contribution in [-0.4, -0.2) is 10.7 Å². The molecule has 1 aromatic carbocycles. The summed E-state index contributed by atoms with van der Waals surface area (Å²) in [7, 11) is 0. The first-order valence-electron chi connectivity index (χ1n) is 9.40. The van der Waals surface area contributed by atoms with E-state index in [2.05, 4.69) is 13.0 Å². The Morgan fingerprint density at radius 1 is 0.741 bits per heavy atom. The van der Waals surface area contributed by atoms with E-state index >= 15 is 0 Å². The van der Waals surface area contributed by atoms with Crippen LogP contribution in [0.3, 0.4) is 0 Å². The molecule has 0 spiro atoms. The molecule has 2 saturated carbocycles. The molecule has 1 N–H and O–H groups in total. The number of rotatable bonds is 5. The molecule has 0 aliphatic heterocycles. The molecule has 2 fully saturated rings. The molecule has 0 atom stereocenters. The van der Waals surface area contributed by atoms with Crippen molar-refractivity contribution in [2.75, 3.05) is 0 Å². The summed E-state index contributed by atoms with van der Waals surface area (Å²) in [5.41, 5.74) is 1.35. The van der Waals surface area contributed by atoms with E-state index in [4.69, 9.17) is 0 Å². The molecule has 2 heteroatoms. The molecule has 10 radical (unpaired) electrons. The van der Waals surface area contributed by atoms with E-state index in [0.29, 0.717) is 0 Å². The Bertz CT molecular complexity index is 443. The van der Waals surface area contributed by atoms with Gasteiger partial charge in [0.2, 0.25) is 0 Å². The number of hydrogen-bond acceptors (Lipinski definition) is 1. The van der Waals surface area contributed by atoms with Crippen LogP contribution in [0.1, 0.15) is 45.6 Å². The molecule has 0 unspecified atom stereocenters. The quantitative estimate of drug-likeness (QED) is 0.579. The van der Waals surface area contributed by atoms with Crippen molar-refractivity contribution in [3.05, 3.63) is 112 Å². The third-order valence-corrected chi connectivity index (χ3v) is 4.27. The maximum atomic E-state index is 10.5. The molecule has 142 valence electrons. The number of hydrogen-bond donors (Lipinski definition) is 1. The van der Waals surface area contributed by atoms with Crippen molar-refractivity contribution in [3.8, 4) is 0 Å². The molecule has 0 saturated heterocycles. The van der Waals surface area contributed by atoms with Crippen molar-refractivity contribution in [2.24, 2.45) is 0 Å². The van der Waals surface area contributed by atoms with Crippen LogP contribution in [0.25, 0.3) is 0 Å². The van der Waals surface area contributed by atoms with Crippen molar-refractivity contribution in [3.63, 3.8) is 0 Å². The van der Waals surface area contributed by atoms with Crippen LogP contribution >= 0.6 is 0 Å². The van der Waals surface area contributed by atoms with Crippen molar-refractivity contribution >= 4 is 0 Å². The van der Waals surface area contributed by atoms with Gasteiger partial charge in [0.05, 0.1) is 5.60 Å². The predicted octanol–water partition coefficient (Wildman–Crippen LogP) is 5.77. The molecule has 1 aromatic rings. The largest absolute Gasteiger partial charge is 0.387 e. The second-order valence-corrected chi connectivity index (χ2v) is 5.99. The summed E-state index contributed by atoms with van der Waals surface area (Å²) in [5.74, 6) is 0. The van der Waals surface area contributed by atoms with Gasteiger partial charge in [0.25, 0.3) is 0 Å². The molecule has 2 aliphatic carbocycles. The third kappa shape index (κ3) is 11.4. The van der Waals surface area contributed by atoms with E-state index in [1.165, 1.54) is 0 Å². The van der Waals surface area contributed by atoms with Crippen molar-refractivity contribution in [2.45, 2.75) is 45.6 Å². The summed E-state index contributed by atoms with van der Waals surface area (Å²) >= 11 is 0. The topological polar surface area (TPSA) is 20.2 Å². The zero-order valence-corrected chi connectivity index (χ0v) is 19.2. The van der Waals surface area contributed by atoms with E-state index in [-0.39, 0.29) is 26.2 Å². The van der Waals surface area contributed by atoms with Gasteiger partial charge in [-0.1, -0.05) is 32.4 Å². The van der Waals surface area contributed by atoms with Crippen LogP contribution in [-0.2, 0) is 26.2 Å². The molecule has 0 heterocycles. The molecule has 0 bridgehead atoms. The second-order valence-electron chi connectivity index (χ2n) is 5.99. The van der Waals surface area contributed by atoms with E-state index < -0.39 is 5.60 Å². The van der Waals surface area contributed by atoms with Crippen LogP contribution in [0.4, 0.5) is 0 Å². The molecule has 2 aliphatic rings. The first-order valence-corrected chi connectivity index (χ1v) is 9.40. The van der Waals surface area contributed by atoms with E-state index in [1.807, 2.05) is 108 Å². The predicted molar refractivity (Wildman–Crippen MR) is 111 cm³/mol. The molecule has 0 amide bonds. The Morgan fingerprint density at radius 3 is 1.41 bits per heavy atom. The standard InChI is InChI=1S/C15H21O.2C5H5.Zr/c1-4-14(15(16,5-2)6-3)12-13-10-8-7-9-11-13;2*1-2-4-5-3-1;/h7-11,16H,4-6H2,1-3H3;2*1-5H;/q-1;;;. The Kier molecular flexibility index (Phi) is 16.6. The first-order chi connectivity index (χ1) is 12.7. The Balaban J connectivity index is 0.000000496. The first kappa shape index (κ1) is 26.8. The third-order valence-electron chi connectivity index (χ3n) is 4.27. The van der Waals surface area contributed by atoms with Gasteiger partial charge in [0.1, 0.15) is 0 Å². The summed E-state index contributed by atoms with van der Waals surface area (Å²) in [6.07, 6.45) is 25.7. The number of benzene rings is 1. The van der Waals surface area contributed by atoms with Crippen LogP contribution in [0.15, 0.2) is 35.9 Å². The SMILES string of the molecule is CCC(=[C-]c1ccccc1)C(O)(CC)CC.[CH]1[CH][CH][CH][CH]1.[CH]1[CH][CH][CH][CH]1.[Zr]. The summed E-state index contributed by atoms with van der Waals surface area (Å²) in [5, 5.41) is 10.5. The van der Waals surface area contributed by atoms with Crippen LogP contribution < -0.4 is 0 Å². The van der Waals surface area contributed by atoms with Crippen molar-refractivity contribution in [1.82, 2.24) is 0 Å². The van der Waals surface area contributed by atoms with Gasteiger partial charge in [-0.25, -0.2) is 0 Å². The van der Waals surface area contributed by atoms with Crippen LogP contribution in [0, 0.1) is 70.3 Å². The van der Waals surface area contributed by atoms with Gasteiger partial charge in [0, 0.05) is 26.2 Å². The summed E-state index contributed by atoms with van der Waals surface area (Å²) in [4.78, 5) is 0. The van der Waals surface area contributed by atoms with E-state index in [0.717, 1.165) is 30.4 Å². The number of aliphatic hydroxyl groups is 1. The van der Waals surface area contributed by atoms with Gasteiger partial charge in [-0.2, -0.15) is 23.8 Å². The molecular weight excluding hydrogens is 407 g/mol. The molecule has 27 heavy (non-hydrogen) atoms. The minimum atomic E-state index is -0.690. The van der Waals surface area contributed by atoms with Gasteiger partial charge in [0.15, 0.2) is 0 Å². The molecule has 1 nitrogen and oxygen atoms in total. The zero-order valence-electron chi connectivity index (χ0n) is 16.7. The summed E-state index contributed by atoms with van der Waals surface area (Å²) in [6, 6.07) is 10.0. The van der Waals surface area contributed by atoms with Gasteiger partial charge in [-0.05, 0) is 83.5 Å². The summed E-state index contributed by atoms with van der Waals surface area (Å²) < 4.78 is 0. The Labute approximate surface area is 188 Å². The van der Waals surface area contributed by atoms with E-state index in [1.54, 1.807) is 0 Å². The van der Waals surface area contributed by atoms with Crippen molar-refractivity contribution in [1.29, 1.82) is 0 Å². The average Bonchev–Trinajstić information content (AvgIpc) is 3.45. The fourth-order valence-corrected chi connectivity index (χ4v) is 2.55. The minimum Gasteiger partial charge on any atom is -0.387 e. The van der Waals surface area contributed by atoms with Crippen LogP contribution in [0.2, 0.25) is 0 Å². The van der Waals surface area contributed by atoms with Crippen molar-refractivity contribution < 1.29 is 31.3 Å².